The van der Waals surface area contributed by atoms with Crippen LogP contribution >= 0.6 is 0 Å². The number of nitrogens with one attached hydrogen (secondary N) is 1. The number of halogens is 1. The summed E-state index contributed by atoms with van der Waals surface area (Å²) in [6, 6.07) is 5.48. The second-order valence-corrected chi connectivity index (χ2v) is 6.54. The Bertz CT molecular complexity index is 508. The van der Waals surface area contributed by atoms with Crippen LogP contribution in [0.3, 0.4) is 0 Å². The van der Waals surface area contributed by atoms with Gasteiger partial charge in [0.1, 0.15) is 12.0 Å². The monoisotopic (exact) mass is 278 g/mol. The molecule has 1 aliphatic carbocycles. The number of pyridine rings is 1. The maximum atomic E-state index is 12.9. The van der Waals surface area contributed by atoms with Gasteiger partial charge in [0.15, 0.2) is 0 Å². The van der Waals surface area contributed by atoms with Crippen molar-refractivity contribution >= 4 is 18.5 Å². The second kappa shape index (κ2) is 4.43. The van der Waals surface area contributed by atoms with E-state index in [4.69, 9.17) is 9.31 Å². The van der Waals surface area contributed by atoms with Gasteiger partial charge < -0.3 is 14.6 Å². The van der Waals surface area contributed by atoms with Gasteiger partial charge in [-0.2, -0.15) is 0 Å². The number of aromatic nitrogens is 1. The molecule has 6 heteroatoms. The molecule has 2 heterocycles. The predicted molar refractivity (Wildman–Crippen MR) is 76.9 cm³/mol. The van der Waals surface area contributed by atoms with Crippen LogP contribution in [0.2, 0.25) is 0 Å². The molecule has 20 heavy (non-hydrogen) atoms. The molecule has 1 aromatic rings. The number of rotatable bonds is 3. The Hall–Kier alpha value is -1.14. The minimum Gasteiger partial charge on any atom is -0.398 e. The highest BCUT2D eigenvalue weighted by atomic mass is 19.1. The van der Waals surface area contributed by atoms with E-state index in [-0.39, 0.29) is 17.2 Å². The fraction of sp³-hybridized carbons (Fsp3) is 0.643. The third kappa shape index (κ3) is 2.42. The highest BCUT2D eigenvalue weighted by molar-refractivity contribution is 6.61. The van der Waals surface area contributed by atoms with Crippen LogP contribution < -0.4 is 10.9 Å². The summed E-state index contributed by atoms with van der Waals surface area (Å²) in [5.41, 5.74) is -0.0585. The van der Waals surface area contributed by atoms with E-state index in [9.17, 15) is 4.39 Å². The van der Waals surface area contributed by atoms with Gasteiger partial charge in [0.25, 0.3) is 0 Å². The Morgan fingerprint density at radius 3 is 2.40 bits per heavy atom. The van der Waals surface area contributed by atoms with Crippen LogP contribution in [0.4, 0.5) is 10.2 Å². The lowest BCUT2D eigenvalue weighted by atomic mass is 9.84. The number of anilines is 1. The zero-order valence-electron chi connectivity index (χ0n) is 12.3. The molecule has 1 aliphatic heterocycles. The summed E-state index contributed by atoms with van der Waals surface area (Å²) < 4.78 is 24.8. The molecule has 3 rings (SSSR count). The van der Waals surface area contributed by atoms with Crippen LogP contribution in [0.1, 0.15) is 34.1 Å². The van der Waals surface area contributed by atoms with E-state index in [1.165, 1.54) is 0 Å². The first-order chi connectivity index (χ1) is 9.28. The Morgan fingerprint density at radius 2 is 1.85 bits per heavy atom. The van der Waals surface area contributed by atoms with Crippen LogP contribution in [0.25, 0.3) is 0 Å². The normalized spacial score (nSPS) is 30.4. The first-order valence-electron chi connectivity index (χ1n) is 7.02. The van der Waals surface area contributed by atoms with Gasteiger partial charge in [-0.25, -0.2) is 9.37 Å². The van der Waals surface area contributed by atoms with Gasteiger partial charge >= 0.3 is 7.12 Å². The van der Waals surface area contributed by atoms with Gasteiger partial charge in [0.05, 0.1) is 22.8 Å². The minimum absolute atomic E-state index is 0.101. The molecule has 4 nitrogen and oxygen atoms in total. The average Bonchev–Trinajstić information content (AvgIpc) is 2.97. The summed E-state index contributed by atoms with van der Waals surface area (Å²) in [6.45, 7) is 8.03. The molecule has 0 unspecified atom stereocenters. The maximum Gasteiger partial charge on any atom is 0.514 e. The van der Waals surface area contributed by atoms with Crippen LogP contribution in [0, 0.1) is 0 Å². The second-order valence-electron chi connectivity index (χ2n) is 6.54. The Balaban J connectivity index is 1.76. The summed E-state index contributed by atoms with van der Waals surface area (Å²) in [7, 11) is -0.484. The molecule has 2 fully saturated rings. The van der Waals surface area contributed by atoms with E-state index in [1.807, 2.05) is 45.9 Å². The molecule has 0 aromatic carbocycles. The standard InChI is InChI=1S/C14H20BFN2O2/c1-13(2)14(3,4)20-15(19-13)11-6-5-7-12(18-11)17-10-8-9(10)16/h5-7,9-10H,8H2,1-4H3,(H,17,18)/t9-,10+/m0/s1. The molecule has 1 aromatic heterocycles. The summed E-state index contributed by atoms with van der Waals surface area (Å²) in [4.78, 5) is 4.47. The lowest BCUT2D eigenvalue weighted by Crippen LogP contribution is -2.41. The van der Waals surface area contributed by atoms with Crippen molar-refractivity contribution < 1.29 is 13.7 Å². The van der Waals surface area contributed by atoms with E-state index in [2.05, 4.69) is 10.3 Å². The van der Waals surface area contributed by atoms with Crippen LogP contribution in [-0.2, 0) is 9.31 Å². The van der Waals surface area contributed by atoms with E-state index >= 15 is 0 Å². The molecule has 0 radical (unpaired) electrons. The Labute approximate surface area is 119 Å². The maximum absolute atomic E-state index is 12.9. The van der Waals surface area contributed by atoms with Crippen molar-refractivity contribution in [1.82, 2.24) is 4.98 Å². The smallest absolute Gasteiger partial charge is 0.398 e. The molecule has 0 bridgehead atoms. The third-order valence-electron chi connectivity index (χ3n) is 4.31. The van der Waals surface area contributed by atoms with Crippen molar-refractivity contribution in [2.24, 2.45) is 0 Å². The van der Waals surface area contributed by atoms with Crippen LogP contribution in [0.15, 0.2) is 18.2 Å². The molecular formula is C14H20BFN2O2. The molecule has 1 saturated heterocycles. The molecule has 1 saturated carbocycles. The SMILES string of the molecule is CC1(C)OB(c2cccc(N[C@@H]3C[C@@H]3F)n2)OC1(C)C. The van der Waals surface area contributed by atoms with Crippen molar-refractivity contribution in [2.45, 2.75) is 57.5 Å². The van der Waals surface area contributed by atoms with Gasteiger partial charge in [0, 0.05) is 6.42 Å². The molecule has 108 valence electrons. The van der Waals surface area contributed by atoms with Crippen molar-refractivity contribution in [2.75, 3.05) is 5.32 Å². The van der Waals surface area contributed by atoms with Gasteiger partial charge in [0.2, 0.25) is 0 Å². The van der Waals surface area contributed by atoms with E-state index in [0.29, 0.717) is 17.8 Å². The van der Waals surface area contributed by atoms with E-state index in [1.54, 1.807) is 0 Å². The molecule has 2 aliphatic rings. The molecule has 1 N–H and O–H groups in total. The van der Waals surface area contributed by atoms with Gasteiger partial charge in [-0.15, -0.1) is 0 Å². The van der Waals surface area contributed by atoms with E-state index < -0.39 is 13.3 Å². The lowest BCUT2D eigenvalue weighted by molar-refractivity contribution is 0.00578. The number of hydrogen-bond donors (Lipinski definition) is 1. The molecule has 0 spiro atoms. The fourth-order valence-corrected chi connectivity index (χ4v) is 2.13. The molecule has 0 amide bonds. The zero-order chi connectivity index (χ0) is 14.5. The minimum atomic E-state index is -0.752. The summed E-state index contributed by atoms with van der Waals surface area (Å²) in [5.74, 6) is 0.669. The predicted octanol–water partition coefficient (Wildman–Crippen LogP) is 1.90. The summed E-state index contributed by atoms with van der Waals surface area (Å²) >= 11 is 0. The number of nitrogens with zero attached hydrogens (tertiary/aromatic N) is 1. The van der Waals surface area contributed by atoms with Crippen molar-refractivity contribution in [3.05, 3.63) is 18.2 Å². The Kier molecular flexibility index (Phi) is 3.06. The number of hydrogen-bond acceptors (Lipinski definition) is 4. The van der Waals surface area contributed by atoms with Crippen molar-refractivity contribution in [1.29, 1.82) is 0 Å². The highest BCUT2D eigenvalue weighted by Gasteiger charge is 2.52. The van der Waals surface area contributed by atoms with E-state index in [0.717, 1.165) is 0 Å². The first-order valence-corrected chi connectivity index (χ1v) is 7.02. The third-order valence-corrected chi connectivity index (χ3v) is 4.31. The Morgan fingerprint density at radius 1 is 1.25 bits per heavy atom. The first kappa shape index (κ1) is 13.8. The van der Waals surface area contributed by atoms with Gasteiger partial charge in [-0.1, -0.05) is 6.07 Å². The zero-order valence-corrected chi connectivity index (χ0v) is 12.3. The van der Waals surface area contributed by atoms with Gasteiger partial charge in [-0.05, 0) is 39.8 Å². The molecule has 2 atom stereocenters. The highest BCUT2D eigenvalue weighted by Crippen LogP contribution is 2.36. The van der Waals surface area contributed by atoms with Crippen molar-refractivity contribution in [3.8, 4) is 0 Å². The molecular weight excluding hydrogens is 258 g/mol. The summed E-state index contributed by atoms with van der Waals surface area (Å²) in [6.07, 6.45) is -0.195. The van der Waals surface area contributed by atoms with Gasteiger partial charge in [-0.3, -0.25) is 0 Å². The number of alkyl halides is 1. The fourth-order valence-electron chi connectivity index (χ4n) is 2.13. The largest absolute Gasteiger partial charge is 0.514 e. The van der Waals surface area contributed by atoms with Crippen LogP contribution in [0.5, 0.6) is 0 Å². The lowest BCUT2D eigenvalue weighted by Gasteiger charge is -2.32. The average molecular weight is 278 g/mol. The van der Waals surface area contributed by atoms with Crippen molar-refractivity contribution in [3.63, 3.8) is 0 Å². The van der Waals surface area contributed by atoms with Crippen LogP contribution in [-0.4, -0.2) is 35.5 Å². The topological polar surface area (TPSA) is 43.4 Å². The summed E-state index contributed by atoms with van der Waals surface area (Å²) in [5, 5.41) is 3.07. The quantitative estimate of drug-likeness (QED) is 0.858.